The molecule has 0 spiro atoms. The van der Waals surface area contributed by atoms with E-state index in [1.165, 1.54) is 17.3 Å². The Kier molecular flexibility index (Phi) is 4.97. The largest absolute Gasteiger partial charge is 0.399 e. The molecule has 2 aromatic heterocycles. The summed E-state index contributed by atoms with van der Waals surface area (Å²) in [5.74, 6) is 0.313. The van der Waals surface area contributed by atoms with Gasteiger partial charge in [0.15, 0.2) is 5.82 Å². The van der Waals surface area contributed by atoms with Crippen LogP contribution in [0.1, 0.15) is 42.5 Å². The summed E-state index contributed by atoms with van der Waals surface area (Å²) in [6.45, 7) is 0. The van der Waals surface area contributed by atoms with Crippen LogP contribution in [0.3, 0.4) is 0 Å². The molecule has 0 atom stereocenters. The van der Waals surface area contributed by atoms with Gasteiger partial charge in [-0.25, -0.2) is 9.67 Å². The van der Waals surface area contributed by atoms with E-state index < -0.39 is 0 Å². The standard InChI is InChI=1S/C21H23N5O2/c22-16-9-6-14(7-10-16)18-13-24-26(21(18)28)19-11-8-15(12-23-19)20(27)25-17-4-2-1-3-5-17/h6-13,17,24H,1-5,22H2,(H,25,27). The molecule has 0 unspecified atom stereocenters. The number of amides is 1. The molecule has 28 heavy (non-hydrogen) atoms. The van der Waals surface area contributed by atoms with Gasteiger partial charge in [0.25, 0.3) is 11.5 Å². The molecular formula is C21H23N5O2. The average molecular weight is 377 g/mol. The van der Waals surface area contributed by atoms with Crippen LogP contribution in [0.15, 0.2) is 53.6 Å². The number of aromatic nitrogens is 3. The number of H-pyrrole nitrogens is 1. The summed E-state index contributed by atoms with van der Waals surface area (Å²) >= 11 is 0. The molecule has 0 aliphatic heterocycles. The first-order chi connectivity index (χ1) is 13.6. The van der Waals surface area contributed by atoms with Gasteiger partial charge in [-0.3, -0.25) is 14.7 Å². The number of nitrogens with zero attached hydrogens (tertiary/aromatic N) is 2. The lowest BCUT2D eigenvalue weighted by molar-refractivity contribution is 0.0927. The SMILES string of the molecule is Nc1ccc(-c2c[nH]n(-c3ccc(C(=O)NC4CCCCC4)cn3)c2=O)cc1. The fourth-order valence-corrected chi connectivity index (χ4v) is 3.58. The van der Waals surface area contributed by atoms with Gasteiger partial charge in [-0.1, -0.05) is 31.4 Å². The van der Waals surface area contributed by atoms with Crippen molar-refractivity contribution in [2.24, 2.45) is 0 Å². The Bertz CT molecular complexity index is 1010. The second-order valence-corrected chi connectivity index (χ2v) is 7.16. The maximum absolute atomic E-state index is 12.7. The fraction of sp³-hybridized carbons (Fsp3) is 0.286. The number of nitrogen functional groups attached to an aromatic ring is 1. The van der Waals surface area contributed by atoms with Crippen molar-refractivity contribution in [3.63, 3.8) is 0 Å². The van der Waals surface area contributed by atoms with E-state index >= 15 is 0 Å². The topological polar surface area (TPSA) is 106 Å². The van der Waals surface area contributed by atoms with Crippen LogP contribution in [0.4, 0.5) is 5.69 Å². The summed E-state index contributed by atoms with van der Waals surface area (Å²) in [6, 6.07) is 10.7. The number of benzene rings is 1. The Balaban J connectivity index is 1.52. The summed E-state index contributed by atoms with van der Waals surface area (Å²) in [6.07, 6.45) is 8.77. The Labute approximate surface area is 162 Å². The Morgan fingerprint density at radius 1 is 1.11 bits per heavy atom. The van der Waals surface area contributed by atoms with Gasteiger partial charge < -0.3 is 11.1 Å². The highest BCUT2D eigenvalue weighted by atomic mass is 16.2. The number of pyridine rings is 1. The summed E-state index contributed by atoms with van der Waals surface area (Å²) in [5, 5.41) is 6.00. The van der Waals surface area contributed by atoms with Gasteiger partial charge in [0.05, 0.1) is 11.1 Å². The van der Waals surface area contributed by atoms with E-state index in [1.807, 2.05) is 0 Å². The van der Waals surface area contributed by atoms with Crippen LogP contribution in [0.25, 0.3) is 16.9 Å². The number of rotatable bonds is 4. The fourth-order valence-electron chi connectivity index (χ4n) is 3.58. The van der Waals surface area contributed by atoms with Gasteiger partial charge in [0.1, 0.15) is 0 Å². The van der Waals surface area contributed by atoms with Crippen LogP contribution in [0.2, 0.25) is 0 Å². The minimum atomic E-state index is -0.211. The Morgan fingerprint density at radius 2 is 1.86 bits per heavy atom. The highest BCUT2D eigenvalue weighted by Crippen LogP contribution is 2.19. The van der Waals surface area contributed by atoms with Crippen LogP contribution < -0.4 is 16.6 Å². The normalized spacial score (nSPS) is 14.7. The molecule has 144 valence electrons. The van der Waals surface area contributed by atoms with Crippen LogP contribution in [0, 0.1) is 0 Å². The molecule has 0 radical (unpaired) electrons. The molecule has 1 aliphatic carbocycles. The molecule has 1 fully saturated rings. The first kappa shape index (κ1) is 18.0. The summed E-state index contributed by atoms with van der Waals surface area (Å²) in [7, 11) is 0. The maximum Gasteiger partial charge on any atom is 0.280 e. The summed E-state index contributed by atoms with van der Waals surface area (Å²) in [5.41, 5.74) is 7.93. The lowest BCUT2D eigenvalue weighted by Gasteiger charge is -2.22. The number of nitrogens with one attached hydrogen (secondary N) is 2. The Hall–Kier alpha value is -3.35. The predicted octanol–water partition coefficient (Wildman–Crippen LogP) is 2.87. The molecule has 7 nitrogen and oxygen atoms in total. The molecule has 1 amide bonds. The van der Waals surface area contributed by atoms with E-state index in [4.69, 9.17) is 5.73 Å². The molecule has 4 N–H and O–H groups in total. The van der Waals surface area contributed by atoms with E-state index in [0.29, 0.717) is 22.6 Å². The predicted molar refractivity (Wildman–Crippen MR) is 108 cm³/mol. The number of nitrogens with two attached hydrogens (primary N) is 1. The monoisotopic (exact) mass is 377 g/mol. The van der Waals surface area contributed by atoms with Gasteiger partial charge in [-0.05, 0) is 42.7 Å². The number of aromatic amines is 1. The third-order valence-corrected chi connectivity index (χ3v) is 5.17. The number of carbonyl (C=O) groups excluding carboxylic acids is 1. The van der Waals surface area contributed by atoms with E-state index in [-0.39, 0.29) is 17.5 Å². The maximum atomic E-state index is 12.7. The van der Waals surface area contributed by atoms with E-state index in [1.54, 1.807) is 42.6 Å². The third-order valence-electron chi connectivity index (χ3n) is 5.17. The molecular weight excluding hydrogens is 354 g/mol. The third kappa shape index (κ3) is 3.69. The molecule has 1 saturated carbocycles. The summed E-state index contributed by atoms with van der Waals surface area (Å²) < 4.78 is 1.36. The molecule has 0 bridgehead atoms. The highest BCUT2D eigenvalue weighted by Gasteiger charge is 2.17. The van der Waals surface area contributed by atoms with Crippen molar-refractivity contribution in [3.8, 4) is 16.9 Å². The number of hydrogen-bond donors (Lipinski definition) is 3. The van der Waals surface area contributed by atoms with E-state index in [0.717, 1.165) is 31.2 Å². The molecule has 1 aliphatic rings. The van der Waals surface area contributed by atoms with Crippen LogP contribution in [-0.2, 0) is 0 Å². The molecule has 2 heterocycles. The van der Waals surface area contributed by atoms with Crippen molar-refractivity contribution in [1.82, 2.24) is 20.1 Å². The first-order valence-electron chi connectivity index (χ1n) is 9.55. The first-order valence-corrected chi connectivity index (χ1v) is 9.55. The molecule has 0 saturated heterocycles. The minimum absolute atomic E-state index is 0.118. The van der Waals surface area contributed by atoms with Gasteiger partial charge in [-0.15, -0.1) is 0 Å². The van der Waals surface area contributed by atoms with Crippen molar-refractivity contribution in [1.29, 1.82) is 0 Å². The van der Waals surface area contributed by atoms with Crippen molar-refractivity contribution in [2.75, 3.05) is 5.73 Å². The van der Waals surface area contributed by atoms with E-state index in [9.17, 15) is 9.59 Å². The number of hydrogen-bond acceptors (Lipinski definition) is 4. The van der Waals surface area contributed by atoms with Crippen molar-refractivity contribution < 1.29 is 4.79 Å². The Morgan fingerprint density at radius 3 is 2.54 bits per heavy atom. The lowest BCUT2D eigenvalue weighted by Crippen LogP contribution is -2.36. The zero-order valence-electron chi connectivity index (χ0n) is 15.5. The highest BCUT2D eigenvalue weighted by molar-refractivity contribution is 5.94. The second kappa shape index (κ2) is 7.72. The van der Waals surface area contributed by atoms with Crippen LogP contribution in [0.5, 0.6) is 0 Å². The number of carbonyl (C=O) groups is 1. The van der Waals surface area contributed by atoms with Gasteiger partial charge in [-0.2, -0.15) is 0 Å². The molecule has 1 aromatic carbocycles. The smallest absolute Gasteiger partial charge is 0.280 e. The van der Waals surface area contributed by atoms with E-state index in [2.05, 4.69) is 15.4 Å². The average Bonchev–Trinajstić information content (AvgIpc) is 3.11. The number of anilines is 1. The quantitative estimate of drug-likeness (QED) is 0.608. The minimum Gasteiger partial charge on any atom is -0.399 e. The zero-order chi connectivity index (χ0) is 19.5. The molecule has 7 heteroatoms. The van der Waals surface area contributed by atoms with Gasteiger partial charge in [0, 0.05) is 24.1 Å². The van der Waals surface area contributed by atoms with Crippen molar-refractivity contribution >= 4 is 11.6 Å². The zero-order valence-corrected chi connectivity index (χ0v) is 15.5. The van der Waals surface area contributed by atoms with Crippen LogP contribution in [-0.4, -0.2) is 26.7 Å². The van der Waals surface area contributed by atoms with Gasteiger partial charge >= 0.3 is 0 Å². The van der Waals surface area contributed by atoms with Crippen molar-refractivity contribution in [3.05, 3.63) is 64.7 Å². The van der Waals surface area contributed by atoms with Crippen molar-refractivity contribution in [2.45, 2.75) is 38.1 Å². The van der Waals surface area contributed by atoms with Crippen LogP contribution >= 0.6 is 0 Å². The molecule has 4 rings (SSSR count). The second-order valence-electron chi connectivity index (χ2n) is 7.16. The summed E-state index contributed by atoms with van der Waals surface area (Å²) in [4.78, 5) is 29.4. The lowest BCUT2D eigenvalue weighted by atomic mass is 9.95. The van der Waals surface area contributed by atoms with Gasteiger partial charge in [0.2, 0.25) is 0 Å². The molecule has 3 aromatic rings.